The number of benzene rings is 2. The lowest BCUT2D eigenvalue weighted by Gasteiger charge is -2.27. The number of carbonyl (C=O) groups excluding carboxylic acids is 1. The third-order valence-electron chi connectivity index (χ3n) is 3.72. The lowest BCUT2D eigenvalue weighted by atomic mass is 10.1. The van der Waals surface area contributed by atoms with E-state index in [4.69, 9.17) is 4.74 Å². The highest BCUT2D eigenvalue weighted by Gasteiger charge is 2.29. The minimum atomic E-state index is -3.88. The highest BCUT2D eigenvalue weighted by molar-refractivity contribution is 7.92. The monoisotopic (exact) mass is 347 g/mol. The van der Waals surface area contributed by atoms with Crippen LogP contribution in [0.3, 0.4) is 0 Å². The van der Waals surface area contributed by atoms with Crippen molar-refractivity contribution in [2.75, 3.05) is 18.0 Å². The van der Waals surface area contributed by atoms with E-state index in [1.165, 1.54) is 19.2 Å². The van der Waals surface area contributed by atoms with Crippen LogP contribution in [0.4, 0.5) is 5.69 Å². The topological polar surface area (TPSA) is 63.7 Å². The third-order valence-corrected chi connectivity index (χ3v) is 5.48. The summed E-state index contributed by atoms with van der Waals surface area (Å²) in [7, 11) is -2.64. The molecule has 128 valence electrons. The van der Waals surface area contributed by atoms with Gasteiger partial charge in [-0.1, -0.05) is 35.9 Å². The molecule has 0 N–H and O–H groups in total. The molecule has 0 aromatic heterocycles. The maximum Gasteiger partial charge on any atom is 0.326 e. The average molecular weight is 347 g/mol. The highest BCUT2D eigenvalue weighted by Crippen LogP contribution is 2.31. The van der Waals surface area contributed by atoms with Crippen molar-refractivity contribution in [1.82, 2.24) is 0 Å². The van der Waals surface area contributed by atoms with Crippen LogP contribution in [0.2, 0.25) is 0 Å². The molecule has 0 atom stereocenters. The SMILES string of the molecule is COC(=O)CN(c1c(C)cc(C)cc1C)S(=O)(=O)c1ccccc1. The molecule has 0 unspecified atom stereocenters. The Morgan fingerprint density at radius 2 is 1.58 bits per heavy atom. The van der Waals surface area contributed by atoms with Crippen LogP contribution in [0.25, 0.3) is 0 Å². The molecular weight excluding hydrogens is 326 g/mol. The molecule has 0 aliphatic heterocycles. The van der Waals surface area contributed by atoms with Crippen molar-refractivity contribution < 1.29 is 17.9 Å². The van der Waals surface area contributed by atoms with Gasteiger partial charge in [0.25, 0.3) is 10.0 Å². The molecule has 5 nitrogen and oxygen atoms in total. The van der Waals surface area contributed by atoms with Crippen LogP contribution >= 0.6 is 0 Å². The lowest BCUT2D eigenvalue weighted by molar-refractivity contribution is -0.138. The molecule has 0 radical (unpaired) electrons. The van der Waals surface area contributed by atoms with Gasteiger partial charge in [-0.05, 0) is 44.0 Å². The summed E-state index contributed by atoms with van der Waals surface area (Å²) in [5, 5.41) is 0. The first-order valence-corrected chi connectivity index (χ1v) is 8.94. The predicted molar refractivity (Wildman–Crippen MR) is 93.6 cm³/mol. The van der Waals surface area contributed by atoms with E-state index < -0.39 is 16.0 Å². The largest absolute Gasteiger partial charge is 0.468 e. The van der Waals surface area contributed by atoms with Gasteiger partial charge in [0, 0.05) is 0 Å². The number of carbonyl (C=O) groups is 1. The van der Waals surface area contributed by atoms with E-state index in [-0.39, 0.29) is 11.4 Å². The summed E-state index contributed by atoms with van der Waals surface area (Å²) in [5.41, 5.74) is 3.12. The van der Waals surface area contributed by atoms with E-state index in [0.29, 0.717) is 5.69 Å². The fourth-order valence-corrected chi connectivity index (χ4v) is 4.31. The molecule has 0 aliphatic rings. The molecule has 2 aromatic rings. The summed E-state index contributed by atoms with van der Waals surface area (Å²) in [6.45, 7) is 5.23. The molecule has 24 heavy (non-hydrogen) atoms. The van der Waals surface area contributed by atoms with Crippen molar-refractivity contribution in [3.05, 3.63) is 59.2 Å². The Labute approximate surface area is 142 Å². The normalized spacial score (nSPS) is 11.2. The van der Waals surface area contributed by atoms with E-state index >= 15 is 0 Å². The lowest BCUT2D eigenvalue weighted by Crippen LogP contribution is -2.37. The second kappa shape index (κ2) is 7.05. The van der Waals surface area contributed by atoms with E-state index in [1.54, 1.807) is 18.2 Å². The maximum atomic E-state index is 13.1. The van der Waals surface area contributed by atoms with Crippen LogP contribution in [-0.2, 0) is 19.6 Å². The molecule has 0 amide bonds. The van der Waals surface area contributed by atoms with Gasteiger partial charge < -0.3 is 4.74 Å². The van der Waals surface area contributed by atoms with Crippen LogP contribution in [0, 0.1) is 20.8 Å². The van der Waals surface area contributed by atoms with Crippen molar-refractivity contribution in [1.29, 1.82) is 0 Å². The highest BCUT2D eigenvalue weighted by atomic mass is 32.2. The van der Waals surface area contributed by atoms with Gasteiger partial charge in [-0.25, -0.2) is 8.42 Å². The van der Waals surface area contributed by atoms with Crippen LogP contribution in [-0.4, -0.2) is 28.0 Å². The number of nitrogens with zero attached hydrogens (tertiary/aromatic N) is 1. The number of rotatable bonds is 5. The zero-order valence-corrected chi connectivity index (χ0v) is 15.1. The average Bonchev–Trinajstić information content (AvgIpc) is 2.53. The number of ether oxygens (including phenoxy) is 1. The first kappa shape index (κ1) is 18.0. The molecular formula is C18H21NO4S. The second-order valence-corrected chi connectivity index (χ2v) is 7.51. The molecule has 0 aliphatic carbocycles. The van der Waals surface area contributed by atoms with Crippen LogP contribution in [0.5, 0.6) is 0 Å². The number of aryl methyl sites for hydroxylation is 3. The summed E-state index contributed by atoms with van der Waals surface area (Å²) < 4.78 is 32.0. The van der Waals surface area contributed by atoms with Crippen molar-refractivity contribution in [2.45, 2.75) is 25.7 Å². The molecule has 0 bridgehead atoms. The first-order valence-electron chi connectivity index (χ1n) is 7.50. The summed E-state index contributed by atoms with van der Waals surface area (Å²) in [6, 6.07) is 11.9. The summed E-state index contributed by atoms with van der Waals surface area (Å²) in [6.07, 6.45) is 0. The van der Waals surface area contributed by atoms with Gasteiger partial charge in [0.1, 0.15) is 6.54 Å². The predicted octanol–water partition coefficient (Wildman–Crippen LogP) is 2.98. The van der Waals surface area contributed by atoms with Gasteiger partial charge in [-0.2, -0.15) is 0 Å². The van der Waals surface area contributed by atoms with E-state index in [0.717, 1.165) is 21.0 Å². The fraction of sp³-hybridized carbons (Fsp3) is 0.278. The molecule has 2 aromatic carbocycles. The van der Waals surface area contributed by atoms with E-state index in [2.05, 4.69) is 0 Å². The number of anilines is 1. The van der Waals surface area contributed by atoms with Crippen molar-refractivity contribution in [3.8, 4) is 0 Å². The number of esters is 1. The maximum absolute atomic E-state index is 13.1. The summed E-state index contributed by atoms with van der Waals surface area (Å²) in [4.78, 5) is 12.0. The Morgan fingerprint density at radius 3 is 2.08 bits per heavy atom. The molecule has 0 saturated carbocycles. The molecule has 0 saturated heterocycles. The van der Waals surface area contributed by atoms with Crippen LogP contribution < -0.4 is 4.31 Å². The number of sulfonamides is 1. The molecule has 0 heterocycles. The zero-order chi connectivity index (χ0) is 17.9. The van der Waals surface area contributed by atoms with E-state index in [9.17, 15) is 13.2 Å². The van der Waals surface area contributed by atoms with Crippen molar-refractivity contribution in [3.63, 3.8) is 0 Å². The Bertz CT molecular complexity index is 822. The Balaban J connectivity index is 2.65. The van der Waals surface area contributed by atoms with Gasteiger partial charge in [0.05, 0.1) is 17.7 Å². The van der Waals surface area contributed by atoms with Crippen LogP contribution in [0.15, 0.2) is 47.4 Å². The standard InChI is InChI=1S/C18H21NO4S/c1-13-10-14(2)18(15(3)11-13)19(12-17(20)23-4)24(21,22)16-8-6-5-7-9-16/h5-11H,12H2,1-4H3. The van der Waals surface area contributed by atoms with Gasteiger partial charge in [-0.3, -0.25) is 9.10 Å². The van der Waals surface area contributed by atoms with Gasteiger partial charge in [-0.15, -0.1) is 0 Å². The number of hydrogen-bond donors (Lipinski definition) is 0. The molecule has 2 rings (SSSR count). The van der Waals surface area contributed by atoms with Crippen molar-refractivity contribution >= 4 is 21.7 Å². The summed E-state index contributed by atoms with van der Waals surface area (Å²) >= 11 is 0. The molecule has 0 spiro atoms. The smallest absolute Gasteiger partial charge is 0.326 e. The molecule has 0 fully saturated rings. The van der Waals surface area contributed by atoms with Crippen molar-refractivity contribution in [2.24, 2.45) is 0 Å². The summed E-state index contributed by atoms with van der Waals surface area (Å²) in [5.74, 6) is -0.617. The number of methoxy groups -OCH3 is 1. The Morgan fingerprint density at radius 1 is 1.04 bits per heavy atom. The second-order valence-electron chi connectivity index (χ2n) is 5.65. The Hall–Kier alpha value is -2.34. The van der Waals surface area contributed by atoms with Crippen LogP contribution in [0.1, 0.15) is 16.7 Å². The molecule has 6 heteroatoms. The quantitative estimate of drug-likeness (QED) is 0.780. The van der Waals surface area contributed by atoms with Gasteiger partial charge in [0.15, 0.2) is 0 Å². The fourth-order valence-electron chi connectivity index (χ4n) is 2.75. The van der Waals surface area contributed by atoms with Gasteiger partial charge >= 0.3 is 5.97 Å². The van der Waals surface area contributed by atoms with Gasteiger partial charge in [0.2, 0.25) is 0 Å². The Kier molecular flexibility index (Phi) is 5.29. The minimum Gasteiger partial charge on any atom is -0.468 e. The number of hydrogen-bond acceptors (Lipinski definition) is 4. The minimum absolute atomic E-state index is 0.133. The first-order chi connectivity index (χ1) is 11.3. The van der Waals surface area contributed by atoms with E-state index in [1.807, 2.05) is 32.9 Å². The zero-order valence-electron chi connectivity index (χ0n) is 14.2. The third kappa shape index (κ3) is 3.59.